The summed E-state index contributed by atoms with van der Waals surface area (Å²) in [4.78, 5) is 15.1. The fourth-order valence-corrected chi connectivity index (χ4v) is 2.30. The molecule has 0 aliphatic rings. The van der Waals surface area contributed by atoms with Crippen LogP contribution in [-0.4, -0.2) is 10.8 Å². The van der Waals surface area contributed by atoms with Gasteiger partial charge in [0, 0.05) is 22.1 Å². The minimum atomic E-state index is -0.729. The predicted molar refractivity (Wildman–Crippen MR) is 73.1 cm³/mol. The van der Waals surface area contributed by atoms with Gasteiger partial charge in [-0.15, -0.1) is 0 Å². The Balaban J connectivity index is 2.18. The fraction of sp³-hybridized carbons (Fsp3) is 0. The van der Waals surface area contributed by atoms with Crippen molar-refractivity contribution in [1.29, 1.82) is 0 Å². The lowest BCUT2D eigenvalue weighted by atomic mass is 10.0. The molecule has 5 heteroatoms. The average Bonchev–Trinajstić information content (AvgIpc) is 2.83. The van der Waals surface area contributed by atoms with Crippen LogP contribution < -0.4 is 0 Å². The molecule has 0 aliphatic carbocycles. The van der Waals surface area contributed by atoms with Crippen LogP contribution >= 0.6 is 11.6 Å². The molecule has 0 amide bonds. The van der Waals surface area contributed by atoms with E-state index in [-0.39, 0.29) is 21.5 Å². The summed E-state index contributed by atoms with van der Waals surface area (Å²) in [6.07, 6.45) is 1.38. The Hall–Kier alpha value is -2.20. The van der Waals surface area contributed by atoms with Gasteiger partial charge >= 0.3 is 0 Å². The van der Waals surface area contributed by atoms with E-state index in [9.17, 15) is 13.6 Å². The van der Waals surface area contributed by atoms with Gasteiger partial charge in [-0.05, 0) is 30.3 Å². The van der Waals surface area contributed by atoms with Gasteiger partial charge in [0.2, 0.25) is 0 Å². The Labute approximate surface area is 118 Å². The van der Waals surface area contributed by atoms with E-state index in [0.717, 1.165) is 6.07 Å². The van der Waals surface area contributed by atoms with Crippen molar-refractivity contribution < 1.29 is 13.6 Å². The molecule has 0 aliphatic heterocycles. The van der Waals surface area contributed by atoms with Crippen molar-refractivity contribution in [3.05, 3.63) is 70.4 Å². The normalized spacial score (nSPS) is 10.9. The van der Waals surface area contributed by atoms with Gasteiger partial charge in [0.25, 0.3) is 0 Å². The molecule has 100 valence electrons. The first-order valence-corrected chi connectivity index (χ1v) is 6.21. The molecular formula is C15H8ClF2NO. The molecule has 0 bridgehead atoms. The number of halogens is 3. The van der Waals surface area contributed by atoms with Crippen molar-refractivity contribution in [2.24, 2.45) is 0 Å². The van der Waals surface area contributed by atoms with Gasteiger partial charge in [-0.25, -0.2) is 8.78 Å². The number of aromatic nitrogens is 1. The molecule has 0 saturated heterocycles. The molecule has 3 rings (SSSR count). The van der Waals surface area contributed by atoms with E-state index in [0.29, 0.717) is 5.52 Å². The van der Waals surface area contributed by atoms with Crippen molar-refractivity contribution in [2.75, 3.05) is 0 Å². The third-order valence-corrected chi connectivity index (χ3v) is 3.31. The summed E-state index contributed by atoms with van der Waals surface area (Å²) in [5.41, 5.74) is 0.445. The molecule has 0 saturated carbocycles. The maximum atomic E-state index is 13.8. The summed E-state index contributed by atoms with van der Waals surface area (Å²) in [6.45, 7) is 0. The number of H-pyrrole nitrogens is 1. The molecular weight excluding hydrogens is 284 g/mol. The number of fused-ring (bicyclic) bond motifs is 1. The smallest absolute Gasteiger partial charge is 0.198 e. The minimum absolute atomic E-state index is 0.0966. The van der Waals surface area contributed by atoms with Crippen molar-refractivity contribution in [3.8, 4) is 0 Å². The lowest BCUT2D eigenvalue weighted by Gasteiger charge is -2.02. The van der Waals surface area contributed by atoms with Crippen LogP contribution in [-0.2, 0) is 0 Å². The number of carbonyl (C=O) groups excluding carboxylic acids is 1. The molecule has 1 N–H and O–H groups in total. The molecule has 2 aromatic carbocycles. The highest BCUT2D eigenvalue weighted by atomic mass is 35.5. The first kappa shape index (κ1) is 12.8. The lowest BCUT2D eigenvalue weighted by molar-refractivity contribution is 0.103. The second kappa shape index (κ2) is 4.72. The van der Waals surface area contributed by atoms with E-state index >= 15 is 0 Å². The molecule has 2 nitrogen and oxygen atoms in total. The monoisotopic (exact) mass is 291 g/mol. The topological polar surface area (TPSA) is 32.9 Å². The first-order valence-electron chi connectivity index (χ1n) is 5.83. The van der Waals surface area contributed by atoms with Gasteiger partial charge in [0.05, 0.1) is 11.1 Å². The van der Waals surface area contributed by atoms with Crippen molar-refractivity contribution >= 4 is 28.3 Å². The van der Waals surface area contributed by atoms with Gasteiger partial charge in [0.15, 0.2) is 5.78 Å². The van der Waals surface area contributed by atoms with E-state index in [1.54, 1.807) is 6.07 Å². The molecule has 0 spiro atoms. The summed E-state index contributed by atoms with van der Waals surface area (Å²) in [7, 11) is 0. The lowest BCUT2D eigenvalue weighted by Crippen LogP contribution is -2.04. The van der Waals surface area contributed by atoms with Crippen LogP contribution in [0.5, 0.6) is 0 Å². The van der Waals surface area contributed by atoms with Crippen molar-refractivity contribution in [1.82, 2.24) is 4.98 Å². The summed E-state index contributed by atoms with van der Waals surface area (Å²) in [5, 5.41) is 0.357. The Kier molecular flexibility index (Phi) is 3.03. The second-order valence-electron chi connectivity index (χ2n) is 4.32. The molecule has 20 heavy (non-hydrogen) atoms. The van der Waals surface area contributed by atoms with Crippen LogP contribution in [0.2, 0.25) is 5.02 Å². The Morgan fingerprint density at radius 1 is 1.05 bits per heavy atom. The van der Waals surface area contributed by atoms with E-state index in [1.165, 1.54) is 30.5 Å². The number of carbonyl (C=O) groups is 1. The van der Waals surface area contributed by atoms with E-state index in [2.05, 4.69) is 4.98 Å². The van der Waals surface area contributed by atoms with Crippen molar-refractivity contribution in [2.45, 2.75) is 0 Å². The zero-order chi connectivity index (χ0) is 14.3. The molecule has 0 fully saturated rings. The summed E-state index contributed by atoms with van der Waals surface area (Å²) < 4.78 is 27.6. The number of benzene rings is 2. The number of rotatable bonds is 2. The number of hydrogen-bond donors (Lipinski definition) is 1. The number of aromatic amines is 1. The van der Waals surface area contributed by atoms with Gasteiger partial charge in [0.1, 0.15) is 11.6 Å². The maximum absolute atomic E-state index is 13.8. The predicted octanol–water partition coefficient (Wildman–Crippen LogP) is 4.33. The van der Waals surface area contributed by atoms with E-state index < -0.39 is 17.4 Å². The third kappa shape index (κ3) is 1.98. The Morgan fingerprint density at radius 3 is 2.60 bits per heavy atom. The van der Waals surface area contributed by atoms with Gasteiger partial charge in [-0.3, -0.25) is 4.79 Å². The maximum Gasteiger partial charge on any atom is 0.198 e. The van der Waals surface area contributed by atoms with E-state index in [1.807, 2.05) is 0 Å². The van der Waals surface area contributed by atoms with Crippen LogP contribution in [0.1, 0.15) is 15.9 Å². The number of nitrogens with one attached hydrogen (secondary N) is 1. The molecule has 0 radical (unpaired) electrons. The average molecular weight is 292 g/mol. The number of hydrogen-bond acceptors (Lipinski definition) is 1. The Morgan fingerprint density at radius 2 is 1.85 bits per heavy atom. The van der Waals surface area contributed by atoms with Crippen molar-refractivity contribution in [3.63, 3.8) is 0 Å². The summed E-state index contributed by atoms with van der Waals surface area (Å²) >= 11 is 5.65. The molecule has 0 atom stereocenters. The van der Waals surface area contributed by atoms with E-state index in [4.69, 9.17) is 11.6 Å². The highest BCUT2D eigenvalue weighted by Crippen LogP contribution is 2.25. The standard InChI is InChI=1S/C15H8ClF2NO/c16-8-4-5-9(12(18)6-8)15(20)10-7-19-13-3-1-2-11(17)14(10)13/h1-7,19H. The zero-order valence-corrected chi connectivity index (χ0v) is 10.8. The number of ketones is 1. The summed E-state index contributed by atoms with van der Waals surface area (Å²) in [6, 6.07) is 8.20. The Bertz CT molecular complexity index is 826. The van der Waals surface area contributed by atoms with Crippen LogP contribution in [0.4, 0.5) is 8.78 Å². The second-order valence-corrected chi connectivity index (χ2v) is 4.75. The van der Waals surface area contributed by atoms with Gasteiger partial charge < -0.3 is 4.98 Å². The zero-order valence-electron chi connectivity index (χ0n) is 10.1. The van der Waals surface area contributed by atoms with Crippen LogP contribution in [0.3, 0.4) is 0 Å². The molecule has 3 aromatic rings. The largest absolute Gasteiger partial charge is 0.360 e. The SMILES string of the molecule is O=C(c1ccc(Cl)cc1F)c1c[nH]c2cccc(F)c12. The summed E-state index contributed by atoms with van der Waals surface area (Å²) in [5.74, 6) is -1.84. The fourth-order valence-electron chi connectivity index (χ4n) is 2.14. The van der Waals surface area contributed by atoms with Gasteiger partial charge in [-0.2, -0.15) is 0 Å². The van der Waals surface area contributed by atoms with Gasteiger partial charge in [-0.1, -0.05) is 17.7 Å². The minimum Gasteiger partial charge on any atom is -0.360 e. The van der Waals surface area contributed by atoms with Crippen LogP contribution in [0.15, 0.2) is 42.6 Å². The molecule has 0 unspecified atom stereocenters. The highest BCUT2D eigenvalue weighted by molar-refractivity contribution is 6.30. The quantitative estimate of drug-likeness (QED) is 0.700. The molecule has 1 aromatic heterocycles. The van der Waals surface area contributed by atoms with Crippen LogP contribution in [0, 0.1) is 11.6 Å². The highest BCUT2D eigenvalue weighted by Gasteiger charge is 2.19. The molecule has 1 heterocycles. The first-order chi connectivity index (χ1) is 9.58. The third-order valence-electron chi connectivity index (χ3n) is 3.08. The van der Waals surface area contributed by atoms with Crippen LogP contribution in [0.25, 0.3) is 10.9 Å².